The summed E-state index contributed by atoms with van der Waals surface area (Å²) in [6.45, 7) is 9.20. The first-order valence-corrected chi connectivity index (χ1v) is 13.8. The van der Waals surface area contributed by atoms with Crippen LogP contribution in [0.2, 0.25) is 0 Å². The summed E-state index contributed by atoms with van der Waals surface area (Å²) in [7, 11) is 0. The number of hydrogen-bond acceptors (Lipinski definition) is 6. The van der Waals surface area contributed by atoms with Crippen LogP contribution in [0, 0.1) is 0 Å². The van der Waals surface area contributed by atoms with E-state index >= 15 is 0 Å². The molecule has 3 N–H and O–H groups in total. The lowest BCUT2D eigenvalue weighted by atomic mass is 10.2. The largest absolute Gasteiger partial charge is 0.481 e. The van der Waals surface area contributed by atoms with Gasteiger partial charge in [0.15, 0.2) is 0 Å². The zero-order valence-electron chi connectivity index (χ0n) is 22.7. The minimum atomic E-state index is -0.879. The molecular formula is C27H45N3O6S. The summed E-state index contributed by atoms with van der Waals surface area (Å²) in [6, 6.07) is 7.72. The standard InChI is InChI=1S/C21H29N3O6S.C4H10.C2H6/c25-18(26)10-4-5-11-22-19(27)16(14-31)23-20(28)17-9-6-12-24(17)21(29)30-13-15-7-2-1-3-8-15;1-3-4-2;1-2/h1-3,7-8,16-17,31H,4-6,9-14H2,(H,22,27)(H,23,28)(H,25,26);3-4H2,1-2H3;1-2H3. The normalized spacial score (nSPS) is 14.7. The van der Waals surface area contributed by atoms with Gasteiger partial charge in [-0.2, -0.15) is 12.6 Å². The summed E-state index contributed by atoms with van der Waals surface area (Å²) in [6.07, 6.45) is 4.25. The van der Waals surface area contributed by atoms with E-state index in [4.69, 9.17) is 9.84 Å². The van der Waals surface area contributed by atoms with Gasteiger partial charge < -0.3 is 20.5 Å². The highest BCUT2D eigenvalue weighted by Gasteiger charge is 2.36. The maximum Gasteiger partial charge on any atom is 0.410 e. The van der Waals surface area contributed by atoms with Gasteiger partial charge in [0.2, 0.25) is 11.8 Å². The van der Waals surface area contributed by atoms with Crippen molar-refractivity contribution in [3.63, 3.8) is 0 Å². The first-order valence-electron chi connectivity index (χ1n) is 13.2. The quantitative estimate of drug-likeness (QED) is 0.230. The number of unbranched alkanes of at least 4 members (excludes halogenated alkanes) is 2. The molecule has 0 radical (unpaired) electrons. The molecule has 210 valence electrons. The number of likely N-dealkylation sites (tertiary alicyclic amines) is 1. The van der Waals surface area contributed by atoms with Gasteiger partial charge in [-0.3, -0.25) is 19.3 Å². The molecule has 1 aromatic rings. The molecule has 0 saturated carbocycles. The van der Waals surface area contributed by atoms with Gasteiger partial charge in [-0.05, 0) is 31.2 Å². The van der Waals surface area contributed by atoms with E-state index in [2.05, 4.69) is 37.1 Å². The van der Waals surface area contributed by atoms with Crippen LogP contribution in [0.25, 0.3) is 0 Å². The number of ether oxygens (including phenoxy) is 1. The average molecular weight is 540 g/mol. The Morgan fingerprint density at radius 2 is 1.76 bits per heavy atom. The third-order valence-electron chi connectivity index (χ3n) is 5.43. The molecule has 1 aliphatic rings. The Morgan fingerprint density at radius 3 is 2.32 bits per heavy atom. The van der Waals surface area contributed by atoms with Crippen LogP contribution in [0.1, 0.15) is 78.2 Å². The van der Waals surface area contributed by atoms with Crippen molar-refractivity contribution in [3.05, 3.63) is 35.9 Å². The van der Waals surface area contributed by atoms with Crippen LogP contribution in [-0.2, 0) is 25.7 Å². The molecule has 1 fully saturated rings. The summed E-state index contributed by atoms with van der Waals surface area (Å²) < 4.78 is 5.33. The Balaban J connectivity index is 0.00000196. The molecule has 1 saturated heterocycles. The second-order valence-electron chi connectivity index (χ2n) is 8.28. The first kappa shape index (κ1) is 34.2. The smallest absolute Gasteiger partial charge is 0.410 e. The molecule has 2 atom stereocenters. The van der Waals surface area contributed by atoms with Gasteiger partial charge in [-0.25, -0.2) is 4.79 Å². The van der Waals surface area contributed by atoms with Crippen molar-refractivity contribution in [1.82, 2.24) is 15.5 Å². The summed E-state index contributed by atoms with van der Waals surface area (Å²) in [5.74, 6) is -1.60. The predicted octanol–water partition coefficient (Wildman–Crippen LogP) is 4.41. The highest BCUT2D eigenvalue weighted by atomic mass is 32.1. The Labute approximate surface area is 227 Å². The third kappa shape index (κ3) is 14.5. The molecule has 1 aliphatic heterocycles. The topological polar surface area (TPSA) is 125 Å². The summed E-state index contributed by atoms with van der Waals surface area (Å²) in [5.41, 5.74) is 0.853. The van der Waals surface area contributed by atoms with Crippen molar-refractivity contribution in [2.75, 3.05) is 18.8 Å². The molecule has 9 nitrogen and oxygen atoms in total. The number of carbonyl (C=O) groups excluding carboxylic acids is 3. The number of nitrogens with one attached hydrogen (secondary N) is 2. The van der Waals surface area contributed by atoms with Gasteiger partial charge in [0.05, 0.1) is 0 Å². The van der Waals surface area contributed by atoms with Crippen molar-refractivity contribution in [1.29, 1.82) is 0 Å². The number of carboxylic acids is 1. The molecule has 10 heteroatoms. The van der Waals surface area contributed by atoms with E-state index in [0.717, 1.165) is 5.56 Å². The second kappa shape index (κ2) is 21.3. The number of amides is 3. The van der Waals surface area contributed by atoms with Gasteiger partial charge >= 0.3 is 12.1 Å². The Kier molecular flexibility index (Phi) is 19.8. The lowest BCUT2D eigenvalue weighted by Gasteiger charge is -2.25. The summed E-state index contributed by atoms with van der Waals surface area (Å²) in [5, 5.41) is 14.0. The molecule has 1 aromatic carbocycles. The zero-order valence-corrected chi connectivity index (χ0v) is 23.6. The molecule has 0 bridgehead atoms. The maximum atomic E-state index is 12.7. The van der Waals surface area contributed by atoms with Crippen LogP contribution in [0.4, 0.5) is 4.79 Å². The molecule has 1 heterocycles. The Bertz CT molecular complexity index is 792. The number of carbonyl (C=O) groups is 4. The minimum absolute atomic E-state index is 0.0422. The zero-order chi connectivity index (χ0) is 28.1. The van der Waals surface area contributed by atoms with Crippen LogP contribution < -0.4 is 10.6 Å². The molecule has 0 spiro atoms. The van der Waals surface area contributed by atoms with Crippen LogP contribution >= 0.6 is 12.6 Å². The van der Waals surface area contributed by atoms with Crippen molar-refractivity contribution in [2.45, 2.75) is 91.3 Å². The first-order chi connectivity index (χ1) is 17.8. The van der Waals surface area contributed by atoms with Crippen molar-refractivity contribution < 1.29 is 29.0 Å². The van der Waals surface area contributed by atoms with Crippen molar-refractivity contribution >= 4 is 36.5 Å². The van der Waals surface area contributed by atoms with Crippen LogP contribution in [-0.4, -0.2) is 64.8 Å². The van der Waals surface area contributed by atoms with E-state index in [1.807, 2.05) is 44.2 Å². The fourth-order valence-electron chi connectivity index (χ4n) is 3.26. The van der Waals surface area contributed by atoms with Crippen LogP contribution in [0.5, 0.6) is 0 Å². The van der Waals surface area contributed by atoms with Gasteiger partial charge in [0.25, 0.3) is 0 Å². The lowest BCUT2D eigenvalue weighted by Crippen LogP contribution is -2.54. The number of carboxylic acid groups (broad SMARTS) is 1. The van der Waals surface area contributed by atoms with E-state index in [9.17, 15) is 19.2 Å². The number of thiol groups is 1. The summed E-state index contributed by atoms with van der Waals surface area (Å²) in [4.78, 5) is 49.4. The maximum absolute atomic E-state index is 12.7. The van der Waals surface area contributed by atoms with E-state index in [1.165, 1.54) is 17.7 Å². The molecule has 3 amide bonds. The monoisotopic (exact) mass is 539 g/mol. The number of nitrogens with zero attached hydrogens (tertiary/aromatic N) is 1. The molecule has 2 rings (SSSR count). The van der Waals surface area contributed by atoms with Gasteiger partial charge in [-0.15, -0.1) is 0 Å². The number of aliphatic carboxylic acids is 1. The second-order valence-corrected chi connectivity index (χ2v) is 8.64. The number of hydrogen-bond donors (Lipinski definition) is 4. The van der Waals surface area contributed by atoms with Gasteiger partial charge in [0, 0.05) is 25.3 Å². The number of rotatable bonds is 12. The van der Waals surface area contributed by atoms with Crippen molar-refractivity contribution in [2.24, 2.45) is 0 Å². The molecular weight excluding hydrogens is 494 g/mol. The molecule has 2 unspecified atom stereocenters. The highest BCUT2D eigenvalue weighted by Crippen LogP contribution is 2.19. The van der Waals surface area contributed by atoms with Crippen LogP contribution in [0.15, 0.2) is 30.3 Å². The Morgan fingerprint density at radius 1 is 1.11 bits per heavy atom. The highest BCUT2D eigenvalue weighted by molar-refractivity contribution is 7.80. The van der Waals surface area contributed by atoms with E-state index in [1.54, 1.807) is 0 Å². The molecule has 37 heavy (non-hydrogen) atoms. The lowest BCUT2D eigenvalue weighted by molar-refractivity contribution is -0.137. The molecule has 0 aliphatic carbocycles. The van der Waals surface area contributed by atoms with Gasteiger partial charge in [0.1, 0.15) is 18.7 Å². The average Bonchev–Trinajstić information content (AvgIpc) is 3.42. The summed E-state index contributed by atoms with van der Waals surface area (Å²) >= 11 is 4.14. The molecule has 0 aromatic heterocycles. The van der Waals surface area contributed by atoms with E-state index < -0.39 is 36.0 Å². The van der Waals surface area contributed by atoms with Crippen molar-refractivity contribution in [3.8, 4) is 0 Å². The number of benzene rings is 1. The third-order valence-corrected chi connectivity index (χ3v) is 5.79. The van der Waals surface area contributed by atoms with E-state index in [-0.39, 0.29) is 18.8 Å². The SMILES string of the molecule is CC.CCCC.O=C(O)CCCCNC(=O)C(CS)NC(=O)C1CCCN1C(=O)OCc1ccccc1. The van der Waals surface area contributed by atoms with E-state index in [0.29, 0.717) is 38.8 Å². The van der Waals surface area contributed by atoms with Crippen LogP contribution in [0.3, 0.4) is 0 Å². The fraction of sp³-hybridized carbons (Fsp3) is 0.630. The Hall–Kier alpha value is -2.75. The fourth-order valence-corrected chi connectivity index (χ4v) is 3.52. The minimum Gasteiger partial charge on any atom is -0.481 e. The predicted molar refractivity (Wildman–Crippen MR) is 149 cm³/mol. The van der Waals surface area contributed by atoms with Gasteiger partial charge in [-0.1, -0.05) is 70.9 Å².